The molecular weight excluding hydrogens is 646 g/mol. The number of nitrogens with zero attached hydrogens (tertiary/aromatic N) is 2. The second kappa shape index (κ2) is 10.0. The van der Waals surface area contributed by atoms with E-state index in [9.17, 15) is 24.9 Å². The lowest BCUT2D eigenvalue weighted by Gasteiger charge is -2.35. The van der Waals surface area contributed by atoms with Crippen molar-refractivity contribution in [2.75, 3.05) is 38.9 Å². The molecule has 0 fully saturated rings. The van der Waals surface area contributed by atoms with Crippen molar-refractivity contribution in [3.63, 3.8) is 0 Å². The number of fused-ring (bicyclic) bond motifs is 6. The Bertz CT molecular complexity index is 2560. The van der Waals surface area contributed by atoms with Gasteiger partial charge in [0.2, 0.25) is 0 Å². The number of hydrogen-bond acceptors (Lipinski definition) is 11. The van der Waals surface area contributed by atoms with Crippen molar-refractivity contribution >= 4 is 78.4 Å². The van der Waals surface area contributed by atoms with Crippen LogP contribution in [0.15, 0.2) is 26.5 Å². The highest BCUT2D eigenvalue weighted by Crippen LogP contribution is 2.61. The molecule has 12 heteroatoms. The fraction of sp³-hybridized carbons (Fsp3) is 0.351. The van der Waals surface area contributed by atoms with Crippen molar-refractivity contribution in [1.82, 2.24) is 0 Å². The Morgan fingerprint density at radius 1 is 0.918 bits per heavy atom. The Labute approximate surface area is 284 Å². The van der Waals surface area contributed by atoms with Crippen LogP contribution in [0.25, 0.3) is 49.2 Å². The maximum absolute atomic E-state index is 13.7. The molecule has 252 valence electrons. The molecule has 2 unspecified atom stereocenters. The summed E-state index contributed by atoms with van der Waals surface area (Å²) < 4.78 is 18.1. The second-order valence-corrected chi connectivity index (χ2v) is 15.0. The summed E-state index contributed by atoms with van der Waals surface area (Å²) in [5, 5.41) is 42.9. The van der Waals surface area contributed by atoms with Crippen molar-refractivity contribution < 1.29 is 39.1 Å². The summed E-state index contributed by atoms with van der Waals surface area (Å²) >= 11 is 1.37. The average Bonchev–Trinajstić information content (AvgIpc) is 3.17. The van der Waals surface area contributed by atoms with Gasteiger partial charge >= 0.3 is 5.97 Å². The number of methoxy groups -OCH3 is 3. The molecule has 0 saturated heterocycles. The number of aliphatic carboxylic acids is 1. The number of aromatic hydroxyl groups is 2. The number of phenolic OH excluding ortho intramolecular Hbond substituents is 2. The van der Waals surface area contributed by atoms with E-state index in [1.54, 1.807) is 14.0 Å². The fourth-order valence-corrected chi connectivity index (χ4v) is 9.38. The first kappa shape index (κ1) is 31.3. The van der Waals surface area contributed by atoms with Gasteiger partial charge in [-0.15, -0.1) is 11.8 Å². The number of carbonyl (C=O) groups excluding carboxylic acids is 1. The second-order valence-electron chi connectivity index (χ2n) is 14.0. The number of benzene rings is 5. The van der Waals surface area contributed by atoms with Crippen LogP contribution in [0.5, 0.6) is 28.7 Å². The van der Waals surface area contributed by atoms with Crippen LogP contribution in [0.3, 0.4) is 0 Å². The number of nitrogens with one attached hydrogen (secondary N) is 1. The van der Waals surface area contributed by atoms with Crippen molar-refractivity contribution in [3.8, 4) is 28.7 Å². The van der Waals surface area contributed by atoms with Gasteiger partial charge in [0.05, 0.1) is 66.0 Å². The van der Waals surface area contributed by atoms with E-state index in [1.807, 2.05) is 26.8 Å². The number of carbonyl (C=O) groups is 2. The number of allylic oxidation sites excluding steroid dienone is 1. The summed E-state index contributed by atoms with van der Waals surface area (Å²) in [6.45, 7) is 9.43. The van der Waals surface area contributed by atoms with Gasteiger partial charge < -0.3 is 34.8 Å². The number of carboxylic acids is 1. The number of carboxylic acid groups (broad SMARTS) is 1. The minimum Gasteiger partial charge on any atom is -0.507 e. The van der Waals surface area contributed by atoms with E-state index in [0.29, 0.717) is 88.2 Å². The van der Waals surface area contributed by atoms with Crippen molar-refractivity contribution in [3.05, 3.63) is 33.5 Å². The SMILES string of the molecule is COc1c(O)c2c(O)cc(OC)c3c4c(OC)c5c(c6c7c(c8c(c(c1C(C(C)=O)C(C)=C8)c23)c64)=NC(C)(C)CN=7)NC(C)(C(=O)O)CS5. The fourth-order valence-electron chi connectivity index (χ4n) is 8.14. The van der Waals surface area contributed by atoms with Crippen LogP contribution in [0, 0.1) is 0 Å². The normalized spacial score (nSPS) is 20.7. The maximum atomic E-state index is 13.7. The Kier molecular flexibility index (Phi) is 6.41. The van der Waals surface area contributed by atoms with Crippen LogP contribution < -0.4 is 30.2 Å². The third-order valence-electron chi connectivity index (χ3n) is 10.2. The zero-order chi connectivity index (χ0) is 35.1. The first-order valence-corrected chi connectivity index (χ1v) is 16.9. The van der Waals surface area contributed by atoms with E-state index >= 15 is 0 Å². The molecular formula is C37H35N3O8S. The molecule has 0 bridgehead atoms. The summed E-state index contributed by atoms with van der Waals surface area (Å²) in [5.74, 6) is -1.44. The molecule has 0 spiro atoms. The first-order chi connectivity index (χ1) is 23.2. The number of phenols is 2. The van der Waals surface area contributed by atoms with Gasteiger partial charge in [-0.3, -0.25) is 14.8 Å². The van der Waals surface area contributed by atoms with E-state index in [2.05, 4.69) is 5.32 Å². The molecule has 5 aromatic carbocycles. The van der Waals surface area contributed by atoms with Crippen molar-refractivity contribution in [1.29, 1.82) is 0 Å². The molecule has 0 aromatic heterocycles. The van der Waals surface area contributed by atoms with Crippen LogP contribution in [-0.4, -0.2) is 71.8 Å². The van der Waals surface area contributed by atoms with Gasteiger partial charge in [-0.2, -0.15) is 0 Å². The summed E-state index contributed by atoms with van der Waals surface area (Å²) in [5.41, 5.74) is 0.560. The largest absolute Gasteiger partial charge is 0.507 e. The molecule has 2 atom stereocenters. The Morgan fingerprint density at radius 3 is 2.24 bits per heavy atom. The van der Waals surface area contributed by atoms with Gasteiger partial charge in [0.15, 0.2) is 11.5 Å². The van der Waals surface area contributed by atoms with Gasteiger partial charge in [0.1, 0.15) is 28.6 Å². The summed E-state index contributed by atoms with van der Waals surface area (Å²) in [4.78, 5) is 37.5. The maximum Gasteiger partial charge on any atom is 0.329 e. The molecule has 0 amide bonds. The summed E-state index contributed by atoms with van der Waals surface area (Å²) in [6, 6.07) is 1.45. The van der Waals surface area contributed by atoms with Gasteiger partial charge in [-0.05, 0) is 40.0 Å². The standard InChI is InChI=1S/C37H35N3O8S/c1-13-9-15-19-22-24-20(31(43)32(47-7)25(22)18(13)14(2)41)16(42)10-17(46-6)21(24)26-23(19)27(29-28(15)39-36(3,4)11-38-29)30-34(33(26)48-8)49-12-37(5,40-30)35(44)45/h9-10,18,40,42-43H,11-12H2,1-8H3,(H,44,45). The zero-order valence-corrected chi connectivity index (χ0v) is 29.1. The number of hydrogen-bond donors (Lipinski definition) is 4. The predicted molar refractivity (Wildman–Crippen MR) is 189 cm³/mol. The number of Topliss-reactive ketones (excluding diaryl/α,β-unsaturated/α-hetero) is 1. The number of ketones is 1. The lowest BCUT2D eigenvalue weighted by atomic mass is 9.80. The molecule has 3 aliphatic rings. The number of rotatable bonds is 5. The van der Waals surface area contributed by atoms with E-state index in [0.717, 1.165) is 5.56 Å². The molecule has 1 aliphatic carbocycles. The van der Waals surface area contributed by atoms with E-state index in [1.165, 1.54) is 39.0 Å². The van der Waals surface area contributed by atoms with Gasteiger partial charge in [-0.1, -0.05) is 11.6 Å². The van der Waals surface area contributed by atoms with E-state index < -0.39 is 23.0 Å². The number of ether oxygens (including phenoxy) is 3. The third kappa shape index (κ3) is 3.86. The van der Waals surface area contributed by atoms with Crippen LogP contribution >= 0.6 is 11.8 Å². The predicted octanol–water partition coefficient (Wildman–Crippen LogP) is 5.66. The minimum atomic E-state index is -1.32. The lowest BCUT2D eigenvalue weighted by molar-refractivity contribution is -0.140. The summed E-state index contributed by atoms with van der Waals surface area (Å²) in [6.07, 6.45) is 1.96. The Balaban J connectivity index is 1.85. The van der Waals surface area contributed by atoms with Crippen molar-refractivity contribution in [2.24, 2.45) is 9.98 Å². The average molecular weight is 682 g/mol. The summed E-state index contributed by atoms with van der Waals surface area (Å²) in [7, 11) is 4.50. The molecule has 2 aliphatic heterocycles. The van der Waals surface area contributed by atoms with Gasteiger partial charge in [0, 0.05) is 55.3 Å². The van der Waals surface area contributed by atoms with Crippen LogP contribution in [-0.2, 0) is 9.59 Å². The highest BCUT2D eigenvalue weighted by Gasteiger charge is 2.43. The lowest BCUT2D eigenvalue weighted by Crippen LogP contribution is -2.48. The Hall–Kier alpha value is -4.97. The number of thioether (sulfide) groups is 1. The minimum absolute atomic E-state index is 0.0723. The van der Waals surface area contributed by atoms with E-state index in [4.69, 9.17) is 24.2 Å². The monoisotopic (exact) mass is 681 g/mol. The molecule has 49 heavy (non-hydrogen) atoms. The molecule has 5 aromatic rings. The highest BCUT2D eigenvalue weighted by atomic mass is 32.2. The molecule has 0 radical (unpaired) electrons. The van der Waals surface area contributed by atoms with E-state index in [-0.39, 0.29) is 34.2 Å². The number of anilines is 1. The molecule has 8 rings (SSSR count). The Morgan fingerprint density at radius 2 is 1.61 bits per heavy atom. The zero-order valence-electron chi connectivity index (χ0n) is 28.3. The molecule has 2 heterocycles. The molecule has 0 saturated carbocycles. The van der Waals surface area contributed by atoms with Crippen molar-refractivity contribution in [2.45, 2.75) is 56.5 Å². The van der Waals surface area contributed by atoms with Crippen LogP contribution in [0.2, 0.25) is 0 Å². The topological polar surface area (TPSA) is 159 Å². The quantitative estimate of drug-likeness (QED) is 0.135. The first-order valence-electron chi connectivity index (χ1n) is 15.9. The van der Waals surface area contributed by atoms with Crippen LogP contribution in [0.4, 0.5) is 5.69 Å². The highest BCUT2D eigenvalue weighted by molar-refractivity contribution is 7.99. The van der Waals surface area contributed by atoms with Gasteiger partial charge in [-0.25, -0.2) is 4.79 Å². The van der Waals surface area contributed by atoms with Crippen LogP contribution in [0.1, 0.15) is 51.7 Å². The van der Waals surface area contributed by atoms with Gasteiger partial charge in [0.25, 0.3) is 0 Å². The third-order valence-corrected chi connectivity index (χ3v) is 11.6. The molecule has 11 nitrogen and oxygen atoms in total. The molecule has 4 N–H and O–H groups in total. The smallest absolute Gasteiger partial charge is 0.329 e.